The minimum Gasteiger partial charge on any atom is -0.484 e. The number of nitrogens with zero attached hydrogens (tertiary/aromatic N) is 2. The molecule has 0 radical (unpaired) electrons. The van der Waals surface area contributed by atoms with Crippen LogP contribution in [0.4, 0.5) is 0 Å². The number of carbonyl (C=O) groups excluding carboxylic acids is 2. The minimum absolute atomic E-state index is 0.0514. The Labute approximate surface area is 174 Å². The van der Waals surface area contributed by atoms with E-state index >= 15 is 0 Å². The predicted molar refractivity (Wildman–Crippen MR) is 114 cm³/mol. The van der Waals surface area contributed by atoms with E-state index in [0.29, 0.717) is 17.9 Å². The van der Waals surface area contributed by atoms with Crippen molar-refractivity contribution < 1.29 is 14.3 Å². The number of rotatable bonds is 9. The third-order valence-electron chi connectivity index (χ3n) is 4.15. The summed E-state index contributed by atoms with van der Waals surface area (Å²) in [5, 5.41) is 6.77. The number of benzene rings is 2. The summed E-state index contributed by atoms with van der Waals surface area (Å²) >= 11 is 0. The van der Waals surface area contributed by atoms with Gasteiger partial charge in [-0.3, -0.25) is 14.6 Å². The van der Waals surface area contributed by atoms with E-state index in [1.807, 2.05) is 30.3 Å². The Kier molecular flexibility index (Phi) is 7.68. The monoisotopic (exact) mass is 402 g/mol. The Bertz CT molecular complexity index is 974. The zero-order valence-corrected chi connectivity index (χ0v) is 16.3. The van der Waals surface area contributed by atoms with Crippen LogP contribution in [0.25, 0.3) is 0 Å². The van der Waals surface area contributed by atoms with Crippen LogP contribution >= 0.6 is 0 Å². The van der Waals surface area contributed by atoms with Gasteiger partial charge in [0.25, 0.3) is 11.8 Å². The largest absolute Gasteiger partial charge is 0.484 e. The second kappa shape index (κ2) is 11.1. The van der Waals surface area contributed by atoms with Gasteiger partial charge in [-0.05, 0) is 53.9 Å². The fourth-order valence-electron chi connectivity index (χ4n) is 2.57. The molecule has 152 valence electrons. The van der Waals surface area contributed by atoms with Crippen LogP contribution in [0.2, 0.25) is 0 Å². The van der Waals surface area contributed by atoms with Crippen LogP contribution in [0.3, 0.4) is 0 Å². The Balaban J connectivity index is 1.37. The zero-order chi connectivity index (χ0) is 21.0. The van der Waals surface area contributed by atoms with E-state index in [2.05, 4.69) is 20.8 Å². The lowest BCUT2D eigenvalue weighted by atomic mass is 10.1. The Morgan fingerprint density at radius 2 is 1.70 bits per heavy atom. The molecule has 2 amide bonds. The van der Waals surface area contributed by atoms with Gasteiger partial charge >= 0.3 is 0 Å². The lowest BCUT2D eigenvalue weighted by molar-refractivity contribution is -0.123. The summed E-state index contributed by atoms with van der Waals surface area (Å²) < 4.78 is 5.49. The molecule has 7 heteroatoms. The second-order valence-corrected chi connectivity index (χ2v) is 6.38. The van der Waals surface area contributed by atoms with Crippen molar-refractivity contribution in [2.75, 3.05) is 13.2 Å². The highest BCUT2D eigenvalue weighted by molar-refractivity contribution is 5.94. The molecule has 0 aliphatic rings. The molecule has 0 saturated carbocycles. The second-order valence-electron chi connectivity index (χ2n) is 6.38. The van der Waals surface area contributed by atoms with Crippen molar-refractivity contribution in [3.05, 3.63) is 95.8 Å². The topological polar surface area (TPSA) is 92.7 Å². The summed E-state index contributed by atoms with van der Waals surface area (Å²) in [5.41, 5.74) is 4.89. The average Bonchev–Trinajstić information content (AvgIpc) is 2.80. The summed E-state index contributed by atoms with van der Waals surface area (Å²) in [4.78, 5) is 27.6. The summed E-state index contributed by atoms with van der Waals surface area (Å²) in [5.74, 6) is 0.0912. The molecule has 7 nitrogen and oxygen atoms in total. The van der Waals surface area contributed by atoms with Gasteiger partial charge in [0.1, 0.15) is 5.75 Å². The van der Waals surface area contributed by atoms with Crippen molar-refractivity contribution in [3.63, 3.8) is 0 Å². The maximum Gasteiger partial charge on any atom is 0.271 e. The van der Waals surface area contributed by atoms with E-state index in [9.17, 15) is 9.59 Å². The highest BCUT2D eigenvalue weighted by Gasteiger charge is 2.04. The van der Waals surface area contributed by atoms with Crippen LogP contribution in [0.1, 0.15) is 21.5 Å². The first-order valence-electron chi connectivity index (χ1n) is 9.47. The molecule has 3 aromatic rings. The molecule has 2 aromatic carbocycles. The first-order valence-corrected chi connectivity index (χ1v) is 9.47. The standard InChI is InChI=1S/C23H22N4O3/c28-22(25-15-10-18-4-2-1-3-5-18)17-30-21-8-6-19(7-9-21)16-26-27-23(29)20-11-13-24-14-12-20/h1-9,11-14,16H,10,15,17H2,(H,25,28)(H,27,29). The number of nitrogens with one attached hydrogen (secondary N) is 2. The predicted octanol–water partition coefficient (Wildman–Crippen LogP) is 2.58. The highest BCUT2D eigenvalue weighted by Crippen LogP contribution is 2.11. The van der Waals surface area contributed by atoms with Gasteiger partial charge in [-0.1, -0.05) is 30.3 Å². The smallest absolute Gasteiger partial charge is 0.271 e. The van der Waals surface area contributed by atoms with Crippen molar-refractivity contribution in [3.8, 4) is 5.75 Å². The lowest BCUT2D eigenvalue weighted by Crippen LogP contribution is -2.30. The Morgan fingerprint density at radius 3 is 2.43 bits per heavy atom. The van der Waals surface area contributed by atoms with Crippen LogP contribution < -0.4 is 15.5 Å². The molecule has 30 heavy (non-hydrogen) atoms. The van der Waals surface area contributed by atoms with E-state index in [1.54, 1.807) is 48.8 Å². The molecule has 0 aliphatic heterocycles. The highest BCUT2D eigenvalue weighted by atomic mass is 16.5. The SMILES string of the molecule is O=C(COc1ccc(C=NNC(=O)c2ccncc2)cc1)NCCc1ccccc1. The maximum absolute atomic E-state index is 11.9. The third-order valence-corrected chi connectivity index (χ3v) is 4.15. The molecule has 0 spiro atoms. The minimum atomic E-state index is -0.313. The first kappa shape index (κ1) is 20.7. The van der Waals surface area contributed by atoms with Crippen LogP contribution in [0.5, 0.6) is 5.75 Å². The molecule has 0 bridgehead atoms. The summed E-state index contributed by atoms with van der Waals surface area (Å²) in [7, 11) is 0. The first-order chi connectivity index (χ1) is 14.7. The van der Waals surface area contributed by atoms with Gasteiger partial charge in [0.2, 0.25) is 0 Å². The summed E-state index contributed by atoms with van der Waals surface area (Å²) in [6, 6.07) is 20.2. The quantitative estimate of drug-likeness (QED) is 0.425. The van der Waals surface area contributed by atoms with Gasteiger partial charge in [0, 0.05) is 24.5 Å². The van der Waals surface area contributed by atoms with Crippen LogP contribution in [-0.2, 0) is 11.2 Å². The number of amides is 2. The maximum atomic E-state index is 11.9. The van der Waals surface area contributed by atoms with Gasteiger partial charge in [0.15, 0.2) is 6.61 Å². The van der Waals surface area contributed by atoms with Gasteiger partial charge < -0.3 is 10.1 Å². The molecule has 3 rings (SSSR count). The fourth-order valence-corrected chi connectivity index (χ4v) is 2.57. The normalized spacial score (nSPS) is 10.5. The molecule has 0 atom stereocenters. The molecular weight excluding hydrogens is 380 g/mol. The number of ether oxygens (including phenoxy) is 1. The third kappa shape index (κ3) is 6.87. The fraction of sp³-hybridized carbons (Fsp3) is 0.130. The van der Waals surface area contributed by atoms with Crippen LogP contribution in [0.15, 0.2) is 84.2 Å². The van der Waals surface area contributed by atoms with Crippen molar-refractivity contribution in [2.24, 2.45) is 5.10 Å². The van der Waals surface area contributed by atoms with Crippen molar-refractivity contribution in [1.82, 2.24) is 15.7 Å². The Hall–Kier alpha value is -4.00. The van der Waals surface area contributed by atoms with Gasteiger partial charge in [-0.25, -0.2) is 5.43 Å². The molecule has 0 unspecified atom stereocenters. The number of carbonyl (C=O) groups is 2. The molecule has 1 heterocycles. The molecule has 1 aromatic heterocycles. The van der Waals surface area contributed by atoms with Crippen molar-refractivity contribution >= 4 is 18.0 Å². The van der Waals surface area contributed by atoms with E-state index in [1.165, 1.54) is 11.8 Å². The average molecular weight is 402 g/mol. The van der Waals surface area contributed by atoms with E-state index in [4.69, 9.17) is 4.74 Å². The molecule has 0 aliphatic carbocycles. The summed E-state index contributed by atoms with van der Waals surface area (Å²) in [6.07, 6.45) is 5.39. The number of hydrogen-bond donors (Lipinski definition) is 2. The van der Waals surface area contributed by atoms with Gasteiger partial charge in [-0.15, -0.1) is 0 Å². The van der Waals surface area contributed by atoms with E-state index in [0.717, 1.165) is 12.0 Å². The zero-order valence-electron chi connectivity index (χ0n) is 16.3. The number of pyridine rings is 1. The van der Waals surface area contributed by atoms with Gasteiger partial charge in [0.05, 0.1) is 6.21 Å². The van der Waals surface area contributed by atoms with Crippen LogP contribution in [-0.4, -0.2) is 36.2 Å². The van der Waals surface area contributed by atoms with Crippen molar-refractivity contribution in [1.29, 1.82) is 0 Å². The molecular formula is C23H22N4O3. The molecule has 0 fully saturated rings. The number of hydrogen-bond acceptors (Lipinski definition) is 5. The Morgan fingerprint density at radius 1 is 0.967 bits per heavy atom. The number of hydrazone groups is 1. The molecule has 0 saturated heterocycles. The van der Waals surface area contributed by atoms with Crippen molar-refractivity contribution in [2.45, 2.75) is 6.42 Å². The van der Waals surface area contributed by atoms with E-state index in [-0.39, 0.29) is 18.4 Å². The van der Waals surface area contributed by atoms with E-state index < -0.39 is 0 Å². The van der Waals surface area contributed by atoms with Crippen LogP contribution in [0, 0.1) is 0 Å². The summed E-state index contributed by atoms with van der Waals surface area (Å²) in [6.45, 7) is 0.511. The number of aromatic nitrogens is 1. The molecule has 2 N–H and O–H groups in total. The van der Waals surface area contributed by atoms with Gasteiger partial charge in [-0.2, -0.15) is 5.10 Å². The lowest BCUT2D eigenvalue weighted by Gasteiger charge is -2.08.